The van der Waals surface area contributed by atoms with E-state index in [0.29, 0.717) is 18.8 Å². The maximum Gasteiger partial charge on any atom is 0.274 e. The van der Waals surface area contributed by atoms with Crippen LogP contribution in [0.4, 0.5) is 0 Å². The smallest absolute Gasteiger partial charge is 0.274 e. The third kappa shape index (κ3) is 4.08. The van der Waals surface area contributed by atoms with E-state index in [2.05, 4.69) is 23.6 Å². The molecule has 1 aromatic rings. The highest BCUT2D eigenvalue weighted by Gasteiger charge is 2.22. The van der Waals surface area contributed by atoms with Crippen LogP contribution >= 0.6 is 0 Å². The van der Waals surface area contributed by atoms with Crippen molar-refractivity contribution in [3.05, 3.63) is 42.8 Å². The molecule has 1 unspecified atom stereocenters. The fraction of sp³-hybridized carbons (Fsp3) is 0.357. The molecule has 0 aromatic carbocycles. The number of carbonyl (C=O) groups excluding carboxylic acids is 2. The minimum absolute atomic E-state index is 0.154. The number of carbonyl (C=O) groups is 2. The number of aromatic nitrogens is 1. The van der Waals surface area contributed by atoms with Crippen LogP contribution in [0.25, 0.3) is 0 Å². The zero-order chi connectivity index (χ0) is 15.1. The zero-order valence-electron chi connectivity index (χ0n) is 11.8. The quantitative estimate of drug-likeness (QED) is 0.762. The first-order valence-corrected chi connectivity index (χ1v) is 6.24. The van der Waals surface area contributed by atoms with Gasteiger partial charge in [-0.05, 0) is 13.8 Å². The predicted octanol–water partition coefficient (Wildman–Crippen LogP) is 1.30. The summed E-state index contributed by atoms with van der Waals surface area (Å²) in [5.41, 5.74) is 0.154. The van der Waals surface area contributed by atoms with E-state index in [-0.39, 0.29) is 11.6 Å². The van der Waals surface area contributed by atoms with Crippen LogP contribution < -0.4 is 5.32 Å². The first-order chi connectivity index (χ1) is 9.49. The summed E-state index contributed by atoms with van der Waals surface area (Å²) < 4.78 is 4.82. The Morgan fingerprint density at radius 2 is 2.05 bits per heavy atom. The second-order valence-corrected chi connectivity index (χ2v) is 4.34. The standard InChI is InChI=1S/C14H19N3O3/c1-5-7-17(8-6-2)14(19)11(4)15-13(18)12-9-10(3)20-16-12/h5-6,9,11H,1-2,7-8H2,3-4H3,(H,15,18). The fourth-order valence-corrected chi connectivity index (χ4v) is 1.65. The van der Waals surface area contributed by atoms with Crippen LogP contribution in [0.1, 0.15) is 23.2 Å². The van der Waals surface area contributed by atoms with Gasteiger partial charge in [0.25, 0.3) is 5.91 Å². The lowest BCUT2D eigenvalue weighted by Gasteiger charge is -2.23. The molecule has 0 radical (unpaired) electrons. The normalized spacial score (nSPS) is 11.5. The first kappa shape index (κ1) is 15.7. The third-order valence-corrected chi connectivity index (χ3v) is 2.59. The van der Waals surface area contributed by atoms with E-state index in [1.165, 1.54) is 6.07 Å². The molecule has 108 valence electrons. The van der Waals surface area contributed by atoms with Gasteiger partial charge in [0.2, 0.25) is 5.91 Å². The minimum atomic E-state index is -0.667. The van der Waals surface area contributed by atoms with Gasteiger partial charge in [-0.3, -0.25) is 9.59 Å². The summed E-state index contributed by atoms with van der Waals surface area (Å²) >= 11 is 0. The Labute approximate surface area is 118 Å². The van der Waals surface area contributed by atoms with Crippen molar-refractivity contribution < 1.29 is 14.1 Å². The Kier molecular flexibility index (Phi) is 5.71. The summed E-state index contributed by atoms with van der Waals surface area (Å²) in [6, 6.07) is 0.844. The van der Waals surface area contributed by atoms with Gasteiger partial charge >= 0.3 is 0 Å². The van der Waals surface area contributed by atoms with E-state index in [0.717, 1.165) is 0 Å². The highest BCUT2D eigenvalue weighted by Crippen LogP contribution is 2.03. The van der Waals surface area contributed by atoms with Gasteiger partial charge in [0.15, 0.2) is 5.69 Å². The van der Waals surface area contributed by atoms with E-state index in [1.807, 2.05) is 0 Å². The van der Waals surface area contributed by atoms with Gasteiger partial charge in [-0.25, -0.2) is 0 Å². The van der Waals surface area contributed by atoms with Gasteiger partial charge in [-0.2, -0.15) is 0 Å². The van der Waals surface area contributed by atoms with Crippen LogP contribution in [0.5, 0.6) is 0 Å². The number of rotatable bonds is 7. The number of hydrogen-bond acceptors (Lipinski definition) is 4. The second-order valence-electron chi connectivity index (χ2n) is 4.34. The first-order valence-electron chi connectivity index (χ1n) is 6.24. The lowest BCUT2D eigenvalue weighted by molar-refractivity contribution is -0.131. The summed E-state index contributed by atoms with van der Waals surface area (Å²) in [6.45, 7) is 11.3. The predicted molar refractivity (Wildman–Crippen MR) is 75.1 cm³/mol. The Balaban J connectivity index is 2.66. The van der Waals surface area contributed by atoms with Gasteiger partial charge in [-0.1, -0.05) is 17.3 Å². The minimum Gasteiger partial charge on any atom is -0.361 e. The van der Waals surface area contributed by atoms with E-state index in [1.54, 1.807) is 30.9 Å². The fourth-order valence-electron chi connectivity index (χ4n) is 1.65. The molecule has 1 atom stereocenters. The molecule has 0 spiro atoms. The summed E-state index contributed by atoms with van der Waals surface area (Å²) in [6.07, 6.45) is 3.24. The average Bonchev–Trinajstić information content (AvgIpc) is 2.84. The Bertz CT molecular complexity index is 498. The summed E-state index contributed by atoms with van der Waals surface area (Å²) in [4.78, 5) is 25.6. The molecule has 6 nitrogen and oxygen atoms in total. The van der Waals surface area contributed by atoms with Crippen molar-refractivity contribution in [3.63, 3.8) is 0 Å². The Morgan fingerprint density at radius 3 is 2.50 bits per heavy atom. The van der Waals surface area contributed by atoms with Crippen LogP contribution in [-0.2, 0) is 4.79 Å². The molecule has 0 saturated heterocycles. The molecule has 0 fully saturated rings. The number of nitrogens with zero attached hydrogens (tertiary/aromatic N) is 2. The molecule has 0 saturated carbocycles. The molecule has 0 bridgehead atoms. The van der Waals surface area contributed by atoms with Crippen molar-refractivity contribution in [3.8, 4) is 0 Å². The van der Waals surface area contributed by atoms with Crippen LogP contribution in [0.15, 0.2) is 35.9 Å². The van der Waals surface area contributed by atoms with Crippen molar-refractivity contribution in [2.45, 2.75) is 19.9 Å². The van der Waals surface area contributed by atoms with Gasteiger partial charge in [0.1, 0.15) is 11.8 Å². The van der Waals surface area contributed by atoms with E-state index in [9.17, 15) is 9.59 Å². The molecule has 1 N–H and O–H groups in total. The van der Waals surface area contributed by atoms with Crippen molar-refractivity contribution in [2.24, 2.45) is 0 Å². The summed E-state index contributed by atoms with van der Waals surface area (Å²) in [5, 5.41) is 6.19. The largest absolute Gasteiger partial charge is 0.361 e. The van der Waals surface area contributed by atoms with Crippen molar-refractivity contribution in [2.75, 3.05) is 13.1 Å². The highest BCUT2D eigenvalue weighted by atomic mass is 16.5. The lowest BCUT2D eigenvalue weighted by atomic mass is 10.2. The maximum absolute atomic E-state index is 12.2. The number of nitrogens with one attached hydrogen (secondary N) is 1. The van der Waals surface area contributed by atoms with E-state index < -0.39 is 11.9 Å². The monoisotopic (exact) mass is 277 g/mol. The van der Waals surface area contributed by atoms with Crippen LogP contribution in [0.3, 0.4) is 0 Å². The van der Waals surface area contributed by atoms with Crippen LogP contribution in [0.2, 0.25) is 0 Å². The second kappa shape index (κ2) is 7.28. The lowest BCUT2D eigenvalue weighted by Crippen LogP contribution is -2.47. The molecule has 1 rings (SSSR count). The summed E-state index contributed by atoms with van der Waals surface area (Å²) in [5.74, 6) is -0.118. The SMILES string of the molecule is C=CCN(CC=C)C(=O)C(C)NC(=O)c1cc(C)on1. The van der Waals surface area contributed by atoms with Crippen molar-refractivity contribution >= 4 is 11.8 Å². The molecule has 0 aliphatic heterocycles. The average molecular weight is 277 g/mol. The van der Waals surface area contributed by atoms with Gasteiger partial charge < -0.3 is 14.7 Å². The Morgan fingerprint density at radius 1 is 1.45 bits per heavy atom. The highest BCUT2D eigenvalue weighted by molar-refractivity contribution is 5.95. The topological polar surface area (TPSA) is 75.4 Å². The molecule has 20 heavy (non-hydrogen) atoms. The zero-order valence-corrected chi connectivity index (χ0v) is 11.8. The van der Waals surface area contributed by atoms with Crippen molar-refractivity contribution in [1.82, 2.24) is 15.4 Å². The molecule has 2 amide bonds. The van der Waals surface area contributed by atoms with Gasteiger partial charge in [-0.15, -0.1) is 13.2 Å². The summed E-state index contributed by atoms with van der Waals surface area (Å²) in [7, 11) is 0. The van der Waals surface area contributed by atoms with E-state index in [4.69, 9.17) is 4.52 Å². The van der Waals surface area contributed by atoms with Gasteiger partial charge in [0.05, 0.1) is 0 Å². The molecule has 1 aromatic heterocycles. The molecule has 6 heteroatoms. The Hall–Kier alpha value is -2.37. The molecule has 0 aliphatic rings. The molecular formula is C14H19N3O3. The van der Waals surface area contributed by atoms with Crippen LogP contribution in [0, 0.1) is 6.92 Å². The number of aryl methyl sites for hydroxylation is 1. The molecular weight excluding hydrogens is 258 g/mol. The van der Waals surface area contributed by atoms with Crippen molar-refractivity contribution in [1.29, 1.82) is 0 Å². The van der Waals surface area contributed by atoms with E-state index >= 15 is 0 Å². The molecule has 1 heterocycles. The van der Waals surface area contributed by atoms with Crippen LogP contribution in [-0.4, -0.2) is 41.0 Å². The van der Waals surface area contributed by atoms with Gasteiger partial charge in [0, 0.05) is 19.2 Å². The number of hydrogen-bond donors (Lipinski definition) is 1. The maximum atomic E-state index is 12.2. The number of amides is 2. The third-order valence-electron chi connectivity index (χ3n) is 2.59. The molecule has 0 aliphatic carbocycles.